The van der Waals surface area contributed by atoms with Gasteiger partial charge in [-0.05, 0) is 30.7 Å². The van der Waals surface area contributed by atoms with E-state index in [9.17, 15) is 4.79 Å². The van der Waals surface area contributed by atoms with Crippen LogP contribution >= 0.6 is 0 Å². The van der Waals surface area contributed by atoms with Crippen molar-refractivity contribution in [2.24, 2.45) is 0 Å². The lowest BCUT2D eigenvalue weighted by Crippen LogP contribution is -2.18. The molecule has 0 spiro atoms. The minimum Gasteiger partial charge on any atom is -0.397 e. The molecule has 0 aliphatic carbocycles. The van der Waals surface area contributed by atoms with Crippen molar-refractivity contribution in [3.8, 4) is 0 Å². The molecule has 0 atom stereocenters. The Morgan fingerprint density at radius 3 is 2.42 bits per heavy atom. The molecule has 0 unspecified atom stereocenters. The van der Waals surface area contributed by atoms with Gasteiger partial charge in [0.2, 0.25) is 0 Å². The molecule has 2 rings (SSSR count). The summed E-state index contributed by atoms with van der Waals surface area (Å²) < 4.78 is 0. The summed E-state index contributed by atoms with van der Waals surface area (Å²) in [6, 6.07) is 15.6. The average Bonchev–Trinajstić information content (AvgIpc) is 2.39. The van der Waals surface area contributed by atoms with Crippen LogP contribution in [0.25, 0.3) is 0 Å². The Kier molecular flexibility index (Phi) is 3.85. The quantitative estimate of drug-likeness (QED) is 0.673. The van der Waals surface area contributed by atoms with Crippen LogP contribution in [0.5, 0.6) is 0 Å². The number of hydrogen-bond donors (Lipinski definition) is 1. The molecule has 0 heterocycles. The summed E-state index contributed by atoms with van der Waals surface area (Å²) >= 11 is 0. The van der Waals surface area contributed by atoms with Gasteiger partial charge in [-0.3, -0.25) is 4.79 Å². The number of nitrogens with two attached hydrogens (primary N) is 1. The number of anilines is 2. The predicted molar refractivity (Wildman–Crippen MR) is 79.4 cm³/mol. The molecule has 3 heteroatoms. The third-order valence-electron chi connectivity index (χ3n) is 3.11. The van der Waals surface area contributed by atoms with Crippen molar-refractivity contribution in [3.05, 3.63) is 59.7 Å². The van der Waals surface area contributed by atoms with E-state index < -0.39 is 0 Å². The van der Waals surface area contributed by atoms with E-state index in [1.54, 1.807) is 13.0 Å². The lowest BCUT2D eigenvalue weighted by Gasteiger charge is -2.21. The molecule has 2 aromatic carbocycles. The molecule has 0 fully saturated rings. The molecule has 2 aromatic rings. The van der Waals surface area contributed by atoms with Crippen molar-refractivity contribution in [3.63, 3.8) is 0 Å². The lowest BCUT2D eigenvalue weighted by molar-refractivity contribution is 0.101. The van der Waals surface area contributed by atoms with E-state index in [1.165, 1.54) is 5.56 Å². The first kappa shape index (κ1) is 13.1. The van der Waals surface area contributed by atoms with Crippen LogP contribution in [0.2, 0.25) is 0 Å². The highest BCUT2D eigenvalue weighted by Gasteiger charge is 2.08. The Hall–Kier alpha value is -2.29. The van der Waals surface area contributed by atoms with E-state index in [4.69, 9.17) is 5.73 Å². The van der Waals surface area contributed by atoms with Gasteiger partial charge in [-0.1, -0.05) is 30.3 Å². The number of benzene rings is 2. The molecule has 3 nitrogen and oxygen atoms in total. The molecule has 98 valence electrons. The number of Topliss-reactive ketones (excluding diaryl/α,β-unsaturated/α-hetero) is 1. The Bertz CT molecular complexity index is 579. The molecule has 0 aliphatic rings. The van der Waals surface area contributed by atoms with E-state index in [-0.39, 0.29) is 5.78 Å². The highest BCUT2D eigenvalue weighted by Crippen LogP contribution is 2.24. The highest BCUT2D eigenvalue weighted by atomic mass is 16.1. The number of rotatable bonds is 4. The van der Waals surface area contributed by atoms with Gasteiger partial charge in [0, 0.05) is 19.2 Å². The summed E-state index contributed by atoms with van der Waals surface area (Å²) in [6.07, 6.45) is 0. The molecule has 0 saturated heterocycles. The van der Waals surface area contributed by atoms with Gasteiger partial charge in [-0.2, -0.15) is 0 Å². The standard InChI is InChI=1S/C16H18N2O/c1-12(19)14-8-9-16(15(17)10-14)18(2)11-13-6-4-3-5-7-13/h3-10H,11,17H2,1-2H3. The smallest absolute Gasteiger partial charge is 0.159 e. The number of carbonyl (C=O) groups is 1. The van der Waals surface area contributed by atoms with Gasteiger partial charge in [0.05, 0.1) is 11.4 Å². The van der Waals surface area contributed by atoms with E-state index in [2.05, 4.69) is 17.0 Å². The normalized spacial score (nSPS) is 10.2. The molecular weight excluding hydrogens is 236 g/mol. The second kappa shape index (κ2) is 5.57. The molecule has 19 heavy (non-hydrogen) atoms. The molecule has 0 saturated carbocycles. The Morgan fingerprint density at radius 2 is 1.84 bits per heavy atom. The summed E-state index contributed by atoms with van der Waals surface area (Å²) in [5, 5.41) is 0. The minimum atomic E-state index is 0.0314. The number of nitrogen functional groups attached to an aromatic ring is 1. The second-order valence-corrected chi connectivity index (χ2v) is 4.67. The van der Waals surface area contributed by atoms with Gasteiger partial charge in [-0.25, -0.2) is 0 Å². The summed E-state index contributed by atoms with van der Waals surface area (Å²) in [6.45, 7) is 2.33. The Morgan fingerprint density at radius 1 is 1.16 bits per heavy atom. The van der Waals surface area contributed by atoms with Crippen LogP contribution in [-0.2, 0) is 6.54 Å². The number of hydrogen-bond acceptors (Lipinski definition) is 3. The fourth-order valence-electron chi connectivity index (χ4n) is 2.06. The largest absolute Gasteiger partial charge is 0.397 e. The first-order chi connectivity index (χ1) is 9.08. The van der Waals surface area contributed by atoms with Crippen molar-refractivity contribution in [1.82, 2.24) is 0 Å². The second-order valence-electron chi connectivity index (χ2n) is 4.67. The summed E-state index contributed by atoms with van der Waals surface area (Å²) in [7, 11) is 1.99. The van der Waals surface area contributed by atoms with E-state index in [0.29, 0.717) is 11.3 Å². The zero-order chi connectivity index (χ0) is 13.8. The fraction of sp³-hybridized carbons (Fsp3) is 0.188. The Balaban J connectivity index is 2.20. The minimum absolute atomic E-state index is 0.0314. The van der Waals surface area contributed by atoms with Gasteiger partial charge in [0.15, 0.2) is 5.78 Å². The average molecular weight is 254 g/mol. The molecule has 0 aliphatic heterocycles. The van der Waals surface area contributed by atoms with Gasteiger partial charge >= 0.3 is 0 Å². The SMILES string of the molecule is CC(=O)c1ccc(N(C)Cc2ccccc2)c(N)c1. The van der Waals surface area contributed by atoms with Crippen LogP contribution in [-0.4, -0.2) is 12.8 Å². The molecule has 0 radical (unpaired) electrons. The third kappa shape index (κ3) is 3.13. The zero-order valence-electron chi connectivity index (χ0n) is 11.3. The van der Waals surface area contributed by atoms with E-state index in [1.807, 2.05) is 37.4 Å². The number of ketones is 1. The third-order valence-corrected chi connectivity index (χ3v) is 3.11. The summed E-state index contributed by atoms with van der Waals surface area (Å²) in [4.78, 5) is 13.4. The topological polar surface area (TPSA) is 46.3 Å². The van der Waals surface area contributed by atoms with Crippen LogP contribution in [0.1, 0.15) is 22.8 Å². The summed E-state index contributed by atoms with van der Waals surface area (Å²) in [5.74, 6) is 0.0314. The van der Waals surface area contributed by atoms with Crippen LogP contribution in [0.3, 0.4) is 0 Å². The van der Waals surface area contributed by atoms with Gasteiger partial charge < -0.3 is 10.6 Å². The lowest BCUT2D eigenvalue weighted by atomic mass is 10.1. The van der Waals surface area contributed by atoms with Crippen molar-refractivity contribution >= 4 is 17.2 Å². The van der Waals surface area contributed by atoms with Crippen molar-refractivity contribution < 1.29 is 4.79 Å². The monoisotopic (exact) mass is 254 g/mol. The first-order valence-corrected chi connectivity index (χ1v) is 6.23. The Labute approximate surface area is 113 Å². The summed E-state index contributed by atoms with van der Waals surface area (Å²) in [5.41, 5.74) is 9.46. The molecule has 0 amide bonds. The van der Waals surface area contributed by atoms with Crippen molar-refractivity contribution in [2.75, 3.05) is 17.7 Å². The first-order valence-electron chi connectivity index (χ1n) is 6.23. The van der Waals surface area contributed by atoms with E-state index in [0.717, 1.165) is 12.2 Å². The fourth-order valence-corrected chi connectivity index (χ4v) is 2.06. The molecule has 0 bridgehead atoms. The van der Waals surface area contributed by atoms with Crippen molar-refractivity contribution in [2.45, 2.75) is 13.5 Å². The number of carbonyl (C=O) groups excluding carboxylic acids is 1. The van der Waals surface area contributed by atoms with Gasteiger partial charge in [-0.15, -0.1) is 0 Å². The zero-order valence-corrected chi connectivity index (χ0v) is 11.3. The van der Waals surface area contributed by atoms with Crippen LogP contribution in [0, 0.1) is 0 Å². The number of nitrogens with zero attached hydrogens (tertiary/aromatic N) is 1. The van der Waals surface area contributed by atoms with Crippen LogP contribution < -0.4 is 10.6 Å². The van der Waals surface area contributed by atoms with Gasteiger partial charge in [0.1, 0.15) is 0 Å². The molecule has 2 N–H and O–H groups in total. The molecule has 0 aromatic heterocycles. The van der Waals surface area contributed by atoms with E-state index >= 15 is 0 Å². The maximum Gasteiger partial charge on any atom is 0.159 e. The maximum atomic E-state index is 11.3. The molecular formula is C16H18N2O. The maximum absolute atomic E-state index is 11.3. The van der Waals surface area contributed by atoms with Crippen LogP contribution in [0.4, 0.5) is 11.4 Å². The van der Waals surface area contributed by atoms with Crippen LogP contribution in [0.15, 0.2) is 48.5 Å². The predicted octanol–water partition coefficient (Wildman–Crippen LogP) is 3.11. The van der Waals surface area contributed by atoms with Gasteiger partial charge in [0.25, 0.3) is 0 Å². The highest BCUT2D eigenvalue weighted by molar-refractivity contribution is 5.96. The van der Waals surface area contributed by atoms with Crippen molar-refractivity contribution in [1.29, 1.82) is 0 Å².